The molecule has 1 saturated heterocycles. The van der Waals surface area contributed by atoms with Crippen molar-refractivity contribution in [3.63, 3.8) is 0 Å². The zero-order valence-electron chi connectivity index (χ0n) is 14.9. The highest BCUT2D eigenvalue weighted by Gasteiger charge is 2.34. The van der Waals surface area contributed by atoms with E-state index in [4.69, 9.17) is 14.7 Å². The lowest BCUT2D eigenvalue weighted by Gasteiger charge is -2.36. The van der Waals surface area contributed by atoms with Crippen LogP contribution in [0.3, 0.4) is 0 Å². The minimum Gasteiger partial charge on any atom is -0.470 e. The van der Waals surface area contributed by atoms with Crippen LogP contribution in [0.4, 0.5) is 0 Å². The molecule has 2 aliphatic heterocycles. The lowest BCUT2D eigenvalue weighted by atomic mass is 9.96. The molecule has 138 valence electrons. The third-order valence-electron chi connectivity index (χ3n) is 4.96. The van der Waals surface area contributed by atoms with Gasteiger partial charge in [0.2, 0.25) is 5.69 Å². The highest BCUT2D eigenvalue weighted by molar-refractivity contribution is 5.83. The molecule has 0 saturated carbocycles. The number of nitriles is 1. The van der Waals surface area contributed by atoms with Crippen LogP contribution >= 0.6 is 0 Å². The van der Waals surface area contributed by atoms with Crippen molar-refractivity contribution in [3.05, 3.63) is 53.5 Å². The minimum atomic E-state index is -0.556. The standard InChI is InChI=1S/C20H20N4O3/c21-12-17-19(23-9-8-22-17)27-15-5-3-10-24(13-15)20(25)18-16-6-2-1-4-14(16)7-11-26-18/h1-2,4,6,8-9,15,18H,3,5,7,10-11,13H2. The molecule has 7 nitrogen and oxygen atoms in total. The molecule has 1 aromatic carbocycles. The predicted octanol–water partition coefficient (Wildman–Crippen LogP) is 2.03. The van der Waals surface area contributed by atoms with Crippen LogP contribution in [-0.2, 0) is 16.0 Å². The Morgan fingerprint density at radius 3 is 3.04 bits per heavy atom. The monoisotopic (exact) mass is 364 g/mol. The number of piperidine rings is 1. The van der Waals surface area contributed by atoms with E-state index in [1.807, 2.05) is 24.3 Å². The average molecular weight is 364 g/mol. The second kappa shape index (κ2) is 7.72. The van der Waals surface area contributed by atoms with Gasteiger partial charge in [0.1, 0.15) is 12.2 Å². The molecule has 1 amide bonds. The number of ether oxygens (including phenoxy) is 2. The van der Waals surface area contributed by atoms with Crippen LogP contribution in [0.1, 0.15) is 35.8 Å². The van der Waals surface area contributed by atoms with Crippen molar-refractivity contribution < 1.29 is 14.3 Å². The number of likely N-dealkylation sites (tertiary alicyclic amines) is 1. The van der Waals surface area contributed by atoms with Crippen molar-refractivity contribution in [2.45, 2.75) is 31.5 Å². The molecule has 2 unspecified atom stereocenters. The first-order chi connectivity index (χ1) is 13.3. The van der Waals surface area contributed by atoms with E-state index in [-0.39, 0.29) is 23.6 Å². The summed E-state index contributed by atoms with van der Waals surface area (Å²) in [6.45, 7) is 1.67. The van der Waals surface area contributed by atoms with Crippen molar-refractivity contribution in [2.75, 3.05) is 19.7 Å². The van der Waals surface area contributed by atoms with E-state index in [9.17, 15) is 4.79 Å². The molecule has 0 bridgehead atoms. The zero-order chi connectivity index (χ0) is 18.6. The van der Waals surface area contributed by atoms with E-state index in [2.05, 4.69) is 16.0 Å². The molecule has 0 N–H and O–H groups in total. The lowest BCUT2D eigenvalue weighted by Crippen LogP contribution is -2.47. The van der Waals surface area contributed by atoms with Crippen LogP contribution in [-0.4, -0.2) is 46.6 Å². The molecule has 2 aliphatic rings. The Morgan fingerprint density at radius 1 is 1.30 bits per heavy atom. The SMILES string of the molecule is N#Cc1nccnc1OC1CCCN(C(=O)C2OCCc3ccccc32)C1. The Hall–Kier alpha value is -2.98. The van der Waals surface area contributed by atoms with Crippen molar-refractivity contribution in [1.82, 2.24) is 14.9 Å². The van der Waals surface area contributed by atoms with Crippen LogP contribution in [0.25, 0.3) is 0 Å². The summed E-state index contributed by atoms with van der Waals surface area (Å²) in [7, 11) is 0. The molecule has 3 heterocycles. The Kier molecular flexibility index (Phi) is 4.99. The van der Waals surface area contributed by atoms with Gasteiger partial charge in [0.15, 0.2) is 6.10 Å². The average Bonchev–Trinajstić information content (AvgIpc) is 2.73. The molecule has 7 heteroatoms. The summed E-state index contributed by atoms with van der Waals surface area (Å²) in [6, 6.07) is 9.93. The molecule has 0 radical (unpaired) electrons. The molecule has 1 fully saturated rings. The summed E-state index contributed by atoms with van der Waals surface area (Å²) in [5, 5.41) is 9.14. The summed E-state index contributed by atoms with van der Waals surface area (Å²) in [5.74, 6) is 0.189. The fraction of sp³-hybridized carbons (Fsp3) is 0.400. The van der Waals surface area contributed by atoms with Gasteiger partial charge in [-0.15, -0.1) is 0 Å². The van der Waals surface area contributed by atoms with E-state index in [1.54, 1.807) is 4.90 Å². The molecule has 2 atom stereocenters. The topological polar surface area (TPSA) is 88.3 Å². The number of amides is 1. The van der Waals surface area contributed by atoms with Crippen molar-refractivity contribution >= 4 is 5.91 Å². The Labute approximate surface area is 157 Å². The fourth-order valence-electron chi connectivity index (χ4n) is 3.64. The zero-order valence-corrected chi connectivity index (χ0v) is 14.9. The maximum Gasteiger partial charge on any atom is 0.256 e. The van der Waals surface area contributed by atoms with Crippen LogP contribution in [0.5, 0.6) is 5.88 Å². The van der Waals surface area contributed by atoms with E-state index in [0.717, 1.165) is 24.8 Å². The van der Waals surface area contributed by atoms with Gasteiger partial charge in [-0.05, 0) is 30.4 Å². The number of nitrogens with zero attached hydrogens (tertiary/aromatic N) is 4. The summed E-state index contributed by atoms with van der Waals surface area (Å²) in [6.07, 6.45) is 4.63. The van der Waals surface area contributed by atoms with Gasteiger partial charge in [-0.3, -0.25) is 4.79 Å². The van der Waals surface area contributed by atoms with Crippen LogP contribution in [0, 0.1) is 11.3 Å². The number of rotatable bonds is 3. The highest BCUT2D eigenvalue weighted by atomic mass is 16.5. The van der Waals surface area contributed by atoms with Gasteiger partial charge in [-0.2, -0.15) is 5.26 Å². The normalized spacial score (nSPS) is 21.8. The van der Waals surface area contributed by atoms with Gasteiger partial charge in [0, 0.05) is 18.9 Å². The number of aromatic nitrogens is 2. The van der Waals surface area contributed by atoms with E-state index < -0.39 is 6.10 Å². The summed E-state index contributed by atoms with van der Waals surface area (Å²) in [5.41, 5.74) is 2.29. The van der Waals surface area contributed by atoms with Gasteiger partial charge in [0.25, 0.3) is 11.8 Å². The van der Waals surface area contributed by atoms with Gasteiger partial charge >= 0.3 is 0 Å². The fourth-order valence-corrected chi connectivity index (χ4v) is 3.64. The van der Waals surface area contributed by atoms with Crippen molar-refractivity contribution in [3.8, 4) is 11.9 Å². The van der Waals surface area contributed by atoms with Gasteiger partial charge < -0.3 is 14.4 Å². The van der Waals surface area contributed by atoms with Crippen molar-refractivity contribution in [1.29, 1.82) is 5.26 Å². The largest absolute Gasteiger partial charge is 0.470 e. The molecular weight excluding hydrogens is 344 g/mol. The third-order valence-corrected chi connectivity index (χ3v) is 4.96. The molecule has 2 aromatic rings. The maximum atomic E-state index is 13.1. The maximum absolute atomic E-state index is 13.1. The van der Waals surface area contributed by atoms with Gasteiger partial charge in [0.05, 0.1) is 13.2 Å². The second-order valence-electron chi connectivity index (χ2n) is 6.69. The number of hydrogen-bond acceptors (Lipinski definition) is 6. The summed E-state index contributed by atoms with van der Waals surface area (Å²) < 4.78 is 11.7. The molecule has 0 spiro atoms. The van der Waals surface area contributed by atoms with E-state index >= 15 is 0 Å². The van der Waals surface area contributed by atoms with Gasteiger partial charge in [-0.1, -0.05) is 24.3 Å². The molecule has 0 aliphatic carbocycles. The van der Waals surface area contributed by atoms with Crippen LogP contribution in [0.2, 0.25) is 0 Å². The van der Waals surface area contributed by atoms with Crippen LogP contribution < -0.4 is 4.74 Å². The Bertz CT molecular complexity index is 880. The number of benzene rings is 1. The van der Waals surface area contributed by atoms with E-state index in [1.165, 1.54) is 18.0 Å². The first-order valence-electron chi connectivity index (χ1n) is 9.12. The third kappa shape index (κ3) is 3.62. The number of hydrogen-bond donors (Lipinski definition) is 0. The molecule has 4 rings (SSSR count). The quantitative estimate of drug-likeness (QED) is 0.828. The van der Waals surface area contributed by atoms with Crippen molar-refractivity contribution in [2.24, 2.45) is 0 Å². The first-order valence-corrected chi connectivity index (χ1v) is 9.12. The first kappa shape index (κ1) is 17.4. The molecule has 1 aromatic heterocycles. The van der Waals surface area contributed by atoms with E-state index in [0.29, 0.717) is 19.7 Å². The Balaban J connectivity index is 1.47. The van der Waals surface area contributed by atoms with Crippen LogP contribution in [0.15, 0.2) is 36.7 Å². The lowest BCUT2D eigenvalue weighted by molar-refractivity contribution is -0.147. The minimum absolute atomic E-state index is 0.0323. The summed E-state index contributed by atoms with van der Waals surface area (Å²) >= 11 is 0. The molecular formula is C20H20N4O3. The highest BCUT2D eigenvalue weighted by Crippen LogP contribution is 2.30. The second-order valence-corrected chi connectivity index (χ2v) is 6.69. The smallest absolute Gasteiger partial charge is 0.256 e. The predicted molar refractivity (Wildman–Crippen MR) is 95.8 cm³/mol. The number of carbonyl (C=O) groups is 1. The summed E-state index contributed by atoms with van der Waals surface area (Å²) in [4.78, 5) is 23.0. The number of fused-ring (bicyclic) bond motifs is 1. The number of carbonyl (C=O) groups excluding carboxylic acids is 1. The molecule has 27 heavy (non-hydrogen) atoms. The van der Waals surface area contributed by atoms with Gasteiger partial charge in [-0.25, -0.2) is 9.97 Å². The Morgan fingerprint density at radius 2 is 2.15 bits per heavy atom.